The minimum Gasteiger partial charge on any atom is -0.493 e. The summed E-state index contributed by atoms with van der Waals surface area (Å²) in [6.07, 6.45) is -5.80. The predicted octanol–water partition coefficient (Wildman–Crippen LogP) is 4.18. The molecule has 4 atom stereocenters. The minimum atomic E-state index is -4.54. The lowest BCUT2D eigenvalue weighted by Gasteiger charge is -2.41. The first-order chi connectivity index (χ1) is 20.1. The second-order valence-corrected chi connectivity index (χ2v) is 10.0. The molecule has 3 aromatic carbocycles. The van der Waals surface area contributed by atoms with Gasteiger partial charge in [-0.3, -0.25) is 4.79 Å². The fourth-order valence-electron chi connectivity index (χ4n) is 5.76. The van der Waals surface area contributed by atoms with Crippen molar-refractivity contribution in [2.75, 3.05) is 34.7 Å². The fourth-order valence-corrected chi connectivity index (χ4v) is 5.76. The molecule has 5 rings (SSSR count). The molecule has 12 heteroatoms. The number of aliphatic hydroxyl groups is 2. The smallest absolute Gasteiger partial charge is 0.416 e. The number of hydrogen-bond acceptors (Lipinski definition) is 8. The number of amides is 1. The second-order valence-electron chi connectivity index (χ2n) is 10.0. The zero-order valence-corrected chi connectivity index (χ0v) is 23.0. The van der Waals surface area contributed by atoms with Crippen LogP contribution in [0, 0.1) is 11.8 Å². The van der Waals surface area contributed by atoms with E-state index in [0.29, 0.717) is 45.4 Å². The monoisotopic (exact) mass is 589 g/mol. The first-order valence-electron chi connectivity index (χ1n) is 13.1. The van der Waals surface area contributed by atoms with Gasteiger partial charge >= 0.3 is 6.18 Å². The topological polar surface area (TPSA) is 116 Å². The highest BCUT2D eigenvalue weighted by Gasteiger charge is 2.47. The van der Waals surface area contributed by atoms with Crippen LogP contribution in [0.5, 0.6) is 28.7 Å². The van der Waals surface area contributed by atoms with Crippen LogP contribution in [-0.4, -0.2) is 50.8 Å². The number of benzene rings is 3. The zero-order chi connectivity index (χ0) is 30.2. The summed E-state index contributed by atoms with van der Waals surface area (Å²) < 4.78 is 67.4. The van der Waals surface area contributed by atoms with E-state index >= 15 is 0 Å². The van der Waals surface area contributed by atoms with Crippen LogP contribution in [0.1, 0.15) is 39.8 Å². The molecule has 1 aliphatic heterocycles. The van der Waals surface area contributed by atoms with Gasteiger partial charge in [0.05, 0.1) is 38.9 Å². The molecule has 0 radical (unpaired) electrons. The van der Waals surface area contributed by atoms with Crippen LogP contribution in [0.2, 0.25) is 0 Å². The maximum absolute atomic E-state index is 13.9. The van der Waals surface area contributed by atoms with Crippen molar-refractivity contribution < 1.29 is 51.9 Å². The average molecular weight is 590 g/mol. The van der Waals surface area contributed by atoms with Crippen molar-refractivity contribution in [2.24, 2.45) is 11.8 Å². The van der Waals surface area contributed by atoms with Crippen molar-refractivity contribution in [3.05, 3.63) is 76.3 Å². The van der Waals surface area contributed by atoms with E-state index in [1.54, 1.807) is 24.3 Å². The Bertz CT molecular complexity index is 1450. The van der Waals surface area contributed by atoms with Crippen LogP contribution < -0.4 is 29.0 Å². The Balaban J connectivity index is 1.61. The maximum Gasteiger partial charge on any atom is 0.416 e. The largest absolute Gasteiger partial charge is 0.493 e. The molecule has 0 spiro atoms. The lowest BCUT2D eigenvalue weighted by atomic mass is 9.64. The number of halogens is 3. The Morgan fingerprint density at radius 2 is 1.62 bits per heavy atom. The zero-order valence-electron chi connectivity index (χ0n) is 23.0. The third-order valence-electron chi connectivity index (χ3n) is 7.74. The number of methoxy groups -OCH3 is 3. The Kier molecular flexibility index (Phi) is 8.11. The van der Waals surface area contributed by atoms with Gasteiger partial charge in [0, 0.05) is 25.0 Å². The molecule has 224 valence electrons. The summed E-state index contributed by atoms with van der Waals surface area (Å²) in [6, 6.07) is 11.3. The number of fused-ring (bicyclic) bond motifs is 2. The standard InChI is InChI=1S/C30H30F3NO8/c1-38-23-8-16(9-24(39-2)28(23)40-3)25-18-10-21-22(42-14-41-21)11-19(18)27(36)20(13-35)26(25)29(37)34-12-15-5-4-6-17(7-15)30(31,32)33/h4-11,20,25-27,35-36H,12-14H2,1-3H3,(H,34,37)/t20-,25+,26-,27-/m0/s1. The molecule has 1 heterocycles. The van der Waals surface area contributed by atoms with E-state index in [4.69, 9.17) is 23.7 Å². The molecule has 9 nitrogen and oxygen atoms in total. The van der Waals surface area contributed by atoms with E-state index < -0.39 is 48.1 Å². The summed E-state index contributed by atoms with van der Waals surface area (Å²) in [7, 11) is 4.36. The summed E-state index contributed by atoms with van der Waals surface area (Å²) in [5.41, 5.74) is 0.942. The number of aliphatic hydroxyl groups excluding tert-OH is 2. The predicted molar refractivity (Wildman–Crippen MR) is 143 cm³/mol. The molecule has 3 N–H and O–H groups in total. The van der Waals surface area contributed by atoms with E-state index in [1.807, 2.05) is 0 Å². The van der Waals surface area contributed by atoms with E-state index in [9.17, 15) is 28.2 Å². The van der Waals surface area contributed by atoms with Crippen molar-refractivity contribution in [3.8, 4) is 28.7 Å². The average Bonchev–Trinajstić information content (AvgIpc) is 3.45. The van der Waals surface area contributed by atoms with Gasteiger partial charge in [-0.15, -0.1) is 0 Å². The molecule has 0 saturated heterocycles. The van der Waals surface area contributed by atoms with Crippen LogP contribution in [0.4, 0.5) is 13.2 Å². The molecule has 2 aliphatic rings. The van der Waals surface area contributed by atoms with Gasteiger partial charge in [-0.2, -0.15) is 13.2 Å². The number of rotatable bonds is 8. The number of alkyl halides is 3. The molecule has 1 aliphatic carbocycles. The van der Waals surface area contributed by atoms with Crippen LogP contribution in [-0.2, 0) is 17.5 Å². The SMILES string of the molecule is COc1cc([C@@H]2c3cc4c(cc3[C@H](O)[C@@H](CO)[C@@H]2C(=O)NCc2cccc(C(F)(F)F)c2)OCO4)cc(OC)c1OC. The number of carbonyl (C=O) groups is 1. The van der Waals surface area contributed by atoms with Crippen molar-refractivity contribution in [3.63, 3.8) is 0 Å². The number of ether oxygens (including phenoxy) is 5. The lowest BCUT2D eigenvalue weighted by Crippen LogP contribution is -2.45. The maximum atomic E-state index is 13.9. The molecular formula is C30H30F3NO8. The van der Waals surface area contributed by atoms with Crippen molar-refractivity contribution in [1.82, 2.24) is 5.32 Å². The summed E-state index contributed by atoms with van der Waals surface area (Å²) in [4.78, 5) is 13.9. The third-order valence-corrected chi connectivity index (χ3v) is 7.74. The highest BCUT2D eigenvalue weighted by molar-refractivity contribution is 5.82. The lowest BCUT2D eigenvalue weighted by molar-refractivity contribution is -0.137. The molecule has 42 heavy (non-hydrogen) atoms. The van der Waals surface area contributed by atoms with Gasteiger partial charge in [0.25, 0.3) is 0 Å². The summed E-state index contributed by atoms with van der Waals surface area (Å²) in [6.45, 7) is -0.783. The van der Waals surface area contributed by atoms with E-state index in [0.717, 1.165) is 12.1 Å². The van der Waals surface area contributed by atoms with Gasteiger partial charge in [-0.05, 0) is 58.7 Å². The van der Waals surface area contributed by atoms with Gasteiger partial charge in [0.15, 0.2) is 23.0 Å². The molecule has 0 unspecified atom stereocenters. The van der Waals surface area contributed by atoms with Crippen molar-refractivity contribution >= 4 is 5.91 Å². The number of hydrogen-bond donors (Lipinski definition) is 3. The second kappa shape index (κ2) is 11.6. The molecule has 0 fully saturated rings. The van der Waals surface area contributed by atoms with Crippen LogP contribution >= 0.6 is 0 Å². The summed E-state index contributed by atoms with van der Waals surface area (Å²) >= 11 is 0. The highest BCUT2D eigenvalue weighted by Crippen LogP contribution is 2.53. The number of carbonyl (C=O) groups excluding carboxylic acids is 1. The Morgan fingerprint density at radius 3 is 2.19 bits per heavy atom. The quantitative estimate of drug-likeness (QED) is 0.359. The van der Waals surface area contributed by atoms with E-state index in [2.05, 4.69) is 5.32 Å². The number of nitrogens with one attached hydrogen (secondary N) is 1. The summed E-state index contributed by atoms with van der Waals surface area (Å²) in [5, 5.41) is 24.6. The van der Waals surface area contributed by atoms with Gasteiger partial charge < -0.3 is 39.2 Å². The van der Waals surface area contributed by atoms with Crippen molar-refractivity contribution in [1.29, 1.82) is 0 Å². The highest BCUT2D eigenvalue weighted by atomic mass is 19.4. The minimum absolute atomic E-state index is 0.0203. The molecule has 0 saturated carbocycles. The van der Waals surface area contributed by atoms with E-state index in [1.165, 1.54) is 33.5 Å². The molecular weight excluding hydrogens is 559 g/mol. The van der Waals surface area contributed by atoms with Gasteiger partial charge in [0.1, 0.15) is 0 Å². The van der Waals surface area contributed by atoms with Gasteiger partial charge in [-0.25, -0.2) is 0 Å². The first-order valence-corrected chi connectivity index (χ1v) is 13.1. The molecule has 1 amide bonds. The third kappa shape index (κ3) is 5.27. The van der Waals surface area contributed by atoms with Crippen molar-refractivity contribution in [2.45, 2.75) is 24.7 Å². The fraction of sp³-hybridized carbons (Fsp3) is 0.367. The Labute approximate surface area is 239 Å². The first kappa shape index (κ1) is 29.3. The Morgan fingerprint density at radius 1 is 0.976 bits per heavy atom. The molecule has 0 bridgehead atoms. The van der Waals surface area contributed by atoms with Gasteiger partial charge in [0.2, 0.25) is 18.4 Å². The normalized spacial score (nSPS) is 21.0. The summed E-state index contributed by atoms with van der Waals surface area (Å²) in [5.74, 6) is -1.58. The molecule has 0 aromatic heterocycles. The van der Waals surface area contributed by atoms with E-state index in [-0.39, 0.29) is 18.9 Å². The van der Waals surface area contributed by atoms with Crippen LogP contribution in [0.3, 0.4) is 0 Å². The van der Waals surface area contributed by atoms with Gasteiger partial charge in [-0.1, -0.05) is 12.1 Å². The van der Waals surface area contributed by atoms with Crippen LogP contribution in [0.15, 0.2) is 48.5 Å². The van der Waals surface area contributed by atoms with Crippen LogP contribution in [0.25, 0.3) is 0 Å². The molecule has 3 aromatic rings. The Hall–Kier alpha value is -4.16.